The van der Waals surface area contributed by atoms with Gasteiger partial charge >= 0.3 is 0 Å². The van der Waals surface area contributed by atoms with Crippen LogP contribution in [0.15, 0.2) is 36.7 Å². The largest absolute Gasteiger partial charge is 0.391 e. The Kier molecular flexibility index (Phi) is 3.46. The van der Waals surface area contributed by atoms with Crippen molar-refractivity contribution in [2.24, 2.45) is 0 Å². The van der Waals surface area contributed by atoms with Gasteiger partial charge in [0.1, 0.15) is 6.33 Å². The van der Waals surface area contributed by atoms with Gasteiger partial charge in [-0.3, -0.25) is 0 Å². The summed E-state index contributed by atoms with van der Waals surface area (Å²) in [5, 5.41) is 13.8. The second-order valence-corrected chi connectivity index (χ2v) is 5.06. The summed E-state index contributed by atoms with van der Waals surface area (Å²) < 4.78 is 0. The van der Waals surface area contributed by atoms with Crippen molar-refractivity contribution in [3.05, 3.63) is 47.4 Å². The van der Waals surface area contributed by atoms with E-state index in [0.717, 1.165) is 29.9 Å². The van der Waals surface area contributed by atoms with Gasteiger partial charge in [0.2, 0.25) is 0 Å². The molecule has 0 amide bonds. The summed E-state index contributed by atoms with van der Waals surface area (Å²) in [7, 11) is 0. The van der Waals surface area contributed by atoms with E-state index in [4.69, 9.17) is 11.6 Å². The second-order valence-electron chi connectivity index (χ2n) is 4.63. The lowest BCUT2D eigenvalue weighted by atomic mass is 10.1. The molecular weight excluding hydrogens is 262 g/mol. The van der Waals surface area contributed by atoms with E-state index in [0.29, 0.717) is 5.02 Å². The Morgan fingerprint density at radius 3 is 2.89 bits per heavy atom. The van der Waals surface area contributed by atoms with Crippen molar-refractivity contribution in [3.8, 4) is 11.3 Å². The van der Waals surface area contributed by atoms with E-state index in [1.807, 2.05) is 30.3 Å². The summed E-state index contributed by atoms with van der Waals surface area (Å²) in [5.41, 5.74) is 2.58. The Morgan fingerprint density at radius 1 is 1.26 bits per heavy atom. The van der Waals surface area contributed by atoms with Gasteiger partial charge in [0.05, 0.1) is 23.5 Å². The molecule has 1 aliphatic rings. The third-order valence-electron chi connectivity index (χ3n) is 3.32. The molecule has 1 fully saturated rings. The molecule has 1 aromatic carbocycles. The van der Waals surface area contributed by atoms with Gasteiger partial charge in [-0.1, -0.05) is 23.7 Å². The molecule has 0 radical (unpaired) electrons. The van der Waals surface area contributed by atoms with Gasteiger partial charge in [-0.25, -0.2) is 9.97 Å². The first-order valence-electron chi connectivity index (χ1n) is 6.23. The minimum absolute atomic E-state index is 0.110. The van der Waals surface area contributed by atoms with Crippen LogP contribution < -0.4 is 5.32 Å². The van der Waals surface area contributed by atoms with Crippen LogP contribution in [0.4, 0.5) is 0 Å². The molecule has 1 aliphatic heterocycles. The SMILES string of the molecule is O[C@@H]1CCNC1c1cc(-c2cccc(Cl)c2)ncn1. The summed E-state index contributed by atoms with van der Waals surface area (Å²) in [4.78, 5) is 8.52. The van der Waals surface area contributed by atoms with Gasteiger partial charge in [-0.2, -0.15) is 0 Å². The molecule has 4 nitrogen and oxygen atoms in total. The topological polar surface area (TPSA) is 58.0 Å². The molecule has 98 valence electrons. The van der Waals surface area contributed by atoms with E-state index in [9.17, 15) is 5.11 Å². The van der Waals surface area contributed by atoms with Gasteiger partial charge < -0.3 is 10.4 Å². The second kappa shape index (κ2) is 5.25. The Hall–Kier alpha value is -1.49. The van der Waals surface area contributed by atoms with Crippen molar-refractivity contribution >= 4 is 11.6 Å². The average Bonchev–Trinajstić information content (AvgIpc) is 2.85. The number of aliphatic hydroxyl groups is 1. The molecule has 19 heavy (non-hydrogen) atoms. The molecule has 2 heterocycles. The van der Waals surface area contributed by atoms with Crippen molar-refractivity contribution in [1.29, 1.82) is 0 Å². The number of aromatic nitrogens is 2. The number of benzene rings is 1. The number of nitrogens with one attached hydrogen (secondary N) is 1. The molecule has 2 aromatic rings. The zero-order valence-corrected chi connectivity index (χ0v) is 11.0. The summed E-state index contributed by atoms with van der Waals surface area (Å²) in [5.74, 6) is 0. The Bertz CT molecular complexity index is 590. The Balaban J connectivity index is 1.96. The predicted octanol–water partition coefficient (Wildman–Crippen LogP) is 2.19. The first-order chi connectivity index (χ1) is 9.24. The lowest BCUT2D eigenvalue weighted by Crippen LogP contribution is -2.22. The summed E-state index contributed by atoms with van der Waals surface area (Å²) >= 11 is 5.99. The maximum absolute atomic E-state index is 9.90. The van der Waals surface area contributed by atoms with Gasteiger partial charge in [0.25, 0.3) is 0 Å². The molecule has 5 heteroatoms. The molecular formula is C14H14ClN3O. The molecule has 0 saturated carbocycles. The van der Waals surface area contributed by atoms with E-state index < -0.39 is 0 Å². The van der Waals surface area contributed by atoms with Gasteiger partial charge in [0.15, 0.2) is 0 Å². The van der Waals surface area contributed by atoms with Crippen LogP contribution in [0.25, 0.3) is 11.3 Å². The molecule has 1 aromatic heterocycles. The summed E-state index contributed by atoms with van der Waals surface area (Å²) in [6, 6.07) is 9.33. The molecule has 1 unspecified atom stereocenters. The average molecular weight is 276 g/mol. The van der Waals surface area contributed by atoms with Crippen LogP contribution in [-0.2, 0) is 0 Å². The van der Waals surface area contributed by atoms with Gasteiger partial charge in [0, 0.05) is 10.6 Å². The van der Waals surface area contributed by atoms with Crippen molar-refractivity contribution in [2.75, 3.05) is 6.54 Å². The molecule has 0 spiro atoms. The fourth-order valence-corrected chi connectivity index (χ4v) is 2.53. The predicted molar refractivity (Wildman–Crippen MR) is 73.8 cm³/mol. The summed E-state index contributed by atoms with van der Waals surface area (Å²) in [6.45, 7) is 0.808. The van der Waals surface area contributed by atoms with Gasteiger partial charge in [-0.15, -0.1) is 0 Å². The van der Waals surface area contributed by atoms with Crippen LogP contribution in [-0.4, -0.2) is 27.7 Å². The molecule has 2 atom stereocenters. The maximum Gasteiger partial charge on any atom is 0.116 e. The van der Waals surface area contributed by atoms with Crippen molar-refractivity contribution in [3.63, 3.8) is 0 Å². The number of hydrogen-bond acceptors (Lipinski definition) is 4. The molecule has 3 rings (SSSR count). The lowest BCUT2D eigenvalue weighted by molar-refractivity contribution is 0.158. The third kappa shape index (κ3) is 2.61. The standard InChI is InChI=1S/C14H14ClN3O/c15-10-3-1-2-9(6-10)11-7-12(18-8-17-11)14-13(19)4-5-16-14/h1-3,6-8,13-14,16,19H,4-5H2/t13-,14?/m1/s1. The van der Waals surface area contributed by atoms with E-state index in [1.54, 1.807) is 0 Å². The highest BCUT2D eigenvalue weighted by atomic mass is 35.5. The van der Waals surface area contributed by atoms with E-state index in [2.05, 4.69) is 15.3 Å². The Labute approximate surface area is 116 Å². The van der Waals surface area contributed by atoms with Crippen LogP contribution in [0.1, 0.15) is 18.2 Å². The maximum atomic E-state index is 9.90. The van der Waals surface area contributed by atoms with Crippen LogP contribution >= 0.6 is 11.6 Å². The monoisotopic (exact) mass is 275 g/mol. The highest BCUT2D eigenvalue weighted by Gasteiger charge is 2.27. The minimum atomic E-state index is -0.387. The lowest BCUT2D eigenvalue weighted by Gasteiger charge is -2.14. The third-order valence-corrected chi connectivity index (χ3v) is 3.55. The van der Waals surface area contributed by atoms with Crippen LogP contribution in [0, 0.1) is 0 Å². The molecule has 0 aliphatic carbocycles. The summed E-state index contributed by atoms with van der Waals surface area (Å²) in [6.07, 6.45) is 1.89. The fourth-order valence-electron chi connectivity index (χ4n) is 2.34. The Morgan fingerprint density at radius 2 is 2.16 bits per heavy atom. The minimum Gasteiger partial charge on any atom is -0.391 e. The number of rotatable bonds is 2. The molecule has 0 bridgehead atoms. The highest BCUT2D eigenvalue weighted by Crippen LogP contribution is 2.26. The molecule has 1 saturated heterocycles. The zero-order valence-electron chi connectivity index (χ0n) is 10.3. The van der Waals surface area contributed by atoms with E-state index in [-0.39, 0.29) is 12.1 Å². The van der Waals surface area contributed by atoms with E-state index >= 15 is 0 Å². The van der Waals surface area contributed by atoms with Crippen molar-refractivity contribution in [1.82, 2.24) is 15.3 Å². The first kappa shape index (κ1) is 12.5. The van der Waals surface area contributed by atoms with Crippen molar-refractivity contribution in [2.45, 2.75) is 18.6 Å². The highest BCUT2D eigenvalue weighted by molar-refractivity contribution is 6.30. The quantitative estimate of drug-likeness (QED) is 0.882. The van der Waals surface area contributed by atoms with Crippen LogP contribution in [0.2, 0.25) is 5.02 Å². The van der Waals surface area contributed by atoms with Crippen molar-refractivity contribution < 1.29 is 5.11 Å². The van der Waals surface area contributed by atoms with Crippen LogP contribution in [0.5, 0.6) is 0 Å². The first-order valence-corrected chi connectivity index (χ1v) is 6.61. The normalized spacial score (nSPS) is 22.6. The van der Waals surface area contributed by atoms with E-state index in [1.165, 1.54) is 6.33 Å². The number of aliphatic hydroxyl groups excluding tert-OH is 1. The zero-order chi connectivity index (χ0) is 13.2. The fraction of sp³-hybridized carbons (Fsp3) is 0.286. The number of nitrogens with zero attached hydrogens (tertiary/aromatic N) is 2. The van der Waals surface area contributed by atoms with Crippen LogP contribution in [0.3, 0.4) is 0 Å². The van der Waals surface area contributed by atoms with Gasteiger partial charge in [-0.05, 0) is 31.2 Å². The molecule has 2 N–H and O–H groups in total. The smallest absolute Gasteiger partial charge is 0.116 e. The number of halogens is 1. The number of hydrogen-bond donors (Lipinski definition) is 2.